The number of rotatable bonds is 4. The molecule has 2 aromatic rings. The lowest BCUT2D eigenvalue weighted by Crippen LogP contribution is -2.44. The molecule has 1 N–H and O–H groups in total. The van der Waals surface area contributed by atoms with Crippen LogP contribution < -0.4 is 10.2 Å². The number of benzene rings is 1. The molecule has 0 aliphatic carbocycles. The van der Waals surface area contributed by atoms with Crippen molar-refractivity contribution in [1.82, 2.24) is 9.88 Å². The van der Waals surface area contributed by atoms with Crippen molar-refractivity contribution in [3.63, 3.8) is 0 Å². The van der Waals surface area contributed by atoms with E-state index in [2.05, 4.69) is 15.2 Å². The van der Waals surface area contributed by atoms with Crippen LogP contribution in [0.25, 0.3) is 6.08 Å². The number of alkyl halides is 3. The van der Waals surface area contributed by atoms with Gasteiger partial charge >= 0.3 is 6.18 Å². The summed E-state index contributed by atoms with van der Waals surface area (Å²) in [5, 5.41) is 4.95. The first-order chi connectivity index (χ1) is 13.2. The molecule has 28 heavy (non-hydrogen) atoms. The highest BCUT2D eigenvalue weighted by Crippen LogP contribution is 2.37. The molecule has 0 saturated carbocycles. The van der Waals surface area contributed by atoms with Gasteiger partial charge in [-0.25, -0.2) is 4.98 Å². The second kappa shape index (κ2) is 8.32. The summed E-state index contributed by atoms with van der Waals surface area (Å²) in [5.41, 5.74) is -0.00399. The number of likely N-dealkylation sites (N-methyl/N-ethyl adjacent to an activating group) is 1. The van der Waals surface area contributed by atoms with Gasteiger partial charge in [-0.1, -0.05) is 0 Å². The number of nitrogens with one attached hydrogen (secondary N) is 1. The van der Waals surface area contributed by atoms with Crippen LogP contribution in [-0.2, 0) is 11.0 Å². The number of thiazole rings is 1. The van der Waals surface area contributed by atoms with Gasteiger partial charge in [-0.2, -0.15) is 13.2 Å². The van der Waals surface area contributed by atoms with Gasteiger partial charge < -0.3 is 15.1 Å². The van der Waals surface area contributed by atoms with Gasteiger partial charge in [0.15, 0.2) is 0 Å². The minimum Gasteiger partial charge on any atom is -0.369 e. The monoisotopic (exact) mass is 410 g/mol. The Morgan fingerprint density at radius 3 is 2.57 bits per heavy atom. The van der Waals surface area contributed by atoms with E-state index in [9.17, 15) is 18.0 Å². The van der Waals surface area contributed by atoms with Crippen molar-refractivity contribution in [2.45, 2.75) is 13.1 Å². The third-order valence-electron chi connectivity index (χ3n) is 4.48. The van der Waals surface area contributed by atoms with Crippen molar-refractivity contribution in [1.29, 1.82) is 0 Å². The summed E-state index contributed by atoms with van der Waals surface area (Å²) in [6.07, 6.45) is -1.91. The van der Waals surface area contributed by atoms with Crippen LogP contribution in [-0.4, -0.2) is 49.0 Å². The molecule has 3 rings (SSSR count). The van der Waals surface area contributed by atoms with Crippen molar-refractivity contribution >= 4 is 34.7 Å². The summed E-state index contributed by atoms with van der Waals surface area (Å²) < 4.78 is 40.7. The Hall–Kier alpha value is -2.39. The molecule has 1 fully saturated rings. The van der Waals surface area contributed by atoms with Crippen molar-refractivity contribution in [2.24, 2.45) is 0 Å². The van der Waals surface area contributed by atoms with Crippen LogP contribution in [0.1, 0.15) is 16.3 Å². The maximum atomic E-state index is 13.6. The Labute approximate surface area is 165 Å². The van der Waals surface area contributed by atoms with E-state index >= 15 is 0 Å². The number of piperazine rings is 1. The Bertz CT molecular complexity index is 870. The molecular weight excluding hydrogens is 389 g/mol. The van der Waals surface area contributed by atoms with E-state index in [-0.39, 0.29) is 5.69 Å². The van der Waals surface area contributed by atoms with Gasteiger partial charge in [0, 0.05) is 43.3 Å². The summed E-state index contributed by atoms with van der Waals surface area (Å²) in [6.45, 7) is 4.74. The van der Waals surface area contributed by atoms with E-state index in [0.717, 1.165) is 24.2 Å². The van der Waals surface area contributed by atoms with Crippen LogP contribution in [0.3, 0.4) is 0 Å². The number of nitrogens with zero attached hydrogens (tertiary/aromatic N) is 3. The second-order valence-corrected chi connectivity index (χ2v) is 7.69. The summed E-state index contributed by atoms with van der Waals surface area (Å²) >= 11 is 1.43. The highest BCUT2D eigenvalue weighted by atomic mass is 32.1. The van der Waals surface area contributed by atoms with Crippen LogP contribution >= 0.6 is 11.3 Å². The highest BCUT2D eigenvalue weighted by Gasteiger charge is 2.34. The smallest absolute Gasteiger partial charge is 0.369 e. The van der Waals surface area contributed by atoms with Gasteiger partial charge in [-0.3, -0.25) is 4.79 Å². The predicted molar refractivity (Wildman–Crippen MR) is 106 cm³/mol. The van der Waals surface area contributed by atoms with Gasteiger partial charge in [0.25, 0.3) is 0 Å². The maximum absolute atomic E-state index is 13.6. The van der Waals surface area contributed by atoms with Crippen LogP contribution in [0.15, 0.2) is 29.7 Å². The predicted octanol–water partition coefficient (Wildman–Crippen LogP) is 3.87. The van der Waals surface area contributed by atoms with Crippen LogP contribution in [0.4, 0.5) is 24.5 Å². The lowest BCUT2D eigenvalue weighted by Gasteiger charge is -2.34. The molecule has 1 aromatic carbocycles. The SMILES string of the molecule is Cc1nc(/C=C/C(=O)Nc2ccc(N3CCN(C)CC3)cc2C(F)(F)F)cs1. The zero-order chi connectivity index (χ0) is 20.3. The van der Waals surface area contributed by atoms with E-state index in [0.29, 0.717) is 24.5 Å². The summed E-state index contributed by atoms with van der Waals surface area (Å²) in [7, 11) is 1.98. The second-order valence-electron chi connectivity index (χ2n) is 6.63. The normalized spacial score (nSPS) is 16.0. The van der Waals surface area contributed by atoms with Gasteiger partial charge in [0.2, 0.25) is 5.91 Å². The van der Waals surface area contributed by atoms with Crippen LogP contribution in [0.5, 0.6) is 0 Å². The molecule has 0 atom stereocenters. The van der Waals surface area contributed by atoms with E-state index in [1.165, 1.54) is 29.6 Å². The van der Waals surface area contributed by atoms with Gasteiger partial charge in [-0.15, -0.1) is 11.3 Å². The summed E-state index contributed by atoms with van der Waals surface area (Å²) in [6, 6.07) is 4.04. The fourth-order valence-electron chi connectivity index (χ4n) is 2.93. The minimum absolute atomic E-state index is 0.255. The van der Waals surface area contributed by atoms with Crippen molar-refractivity contribution in [3.8, 4) is 0 Å². The third-order valence-corrected chi connectivity index (χ3v) is 5.27. The average molecular weight is 410 g/mol. The van der Waals surface area contributed by atoms with Gasteiger partial charge in [0.05, 0.1) is 22.0 Å². The number of anilines is 2. The number of carbonyl (C=O) groups excluding carboxylic acids is 1. The number of hydrogen-bond acceptors (Lipinski definition) is 5. The van der Waals surface area contributed by atoms with E-state index in [1.54, 1.807) is 11.4 Å². The lowest BCUT2D eigenvalue weighted by molar-refractivity contribution is -0.136. The molecule has 5 nitrogen and oxygen atoms in total. The lowest BCUT2D eigenvalue weighted by atomic mass is 10.1. The minimum atomic E-state index is -4.57. The van der Waals surface area contributed by atoms with Crippen molar-refractivity contribution in [2.75, 3.05) is 43.4 Å². The largest absolute Gasteiger partial charge is 0.418 e. The molecule has 150 valence electrons. The van der Waals surface area contributed by atoms with E-state index in [1.807, 2.05) is 18.9 Å². The number of amides is 1. The maximum Gasteiger partial charge on any atom is 0.418 e. The number of hydrogen-bond donors (Lipinski definition) is 1. The fourth-order valence-corrected chi connectivity index (χ4v) is 3.51. The molecule has 1 saturated heterocycles. The number of carbonyl (C=O) groups is 1. The molecule has 9 heteroatoms. The van der Waals surface area contributed by atoms with Gasteiger partial charge in [0.1, 0.15) is 0 Å². The zero-order valence-corrected chi connectivity index (χ0v) is 16.4. The molecule has 1 aliphatic rings. The molecule has 1 aliphatic heterocycles. The molecule has 0 spiro atoms. The van der Waals surface area contributed by atoms with E-state index < -0.39 is 17.6 Å². The average Bonchev–Trinajstić information content (AvgIpc) is 3.05. The molecule has 1 aromatic heterocycles. The number of aromatic nitrogens is 1. The quantitative estimate of drug-likeness (QED) is 0.778. The van der Waals surface area contributed by atoms with Crippen molar-refractivity contribution < 1.29 is 18.0 Å². The van der Waals surface area contributed by atoms with Gasteiger partial charge in [-0.05, 0) is 38.2 Å². The summed E-state index contributed by atoms with van der Waals surface area (Å²) in [4.78, 5) is 20.3. The van der Waals surface area contributed by atoms with E-state index in [4.69, 9.17) is 0 Å². The zero-order valence-electron chi connectivity index (χ0n) is 15.6. The summed E-state index contributed by atoms with van der Waals surface area (Å²) in [5.74, 6) is -0.636. The molecule has 0 bridgehead atoms. The first-order valence-corrected chi connectivity index (χ1v) is 9.66. The third kappa shape index (κ3) is 5.11. The fraction of sp³-hybridized carbons (Fsp3) is 0.368. The molecule has 0 unspecified atom stereocenters. The topological polar surface area (TPSA) is 48.5 Å². The molecule has 1 amide bonds. The Morgan fingerprint density at radius 1 is 1.25 bits per heavy atom. The molecule has 2 heterocycles. The Morgan fingerprint density at radius 2 is 1.96 bits per heavy atom. The molecular formula is C19H21F3N4OS. The first kappa shape index (κ1) is 20.3. The van der Waals surface area contributed by atoms with Crippen LogP contribution in [0, 0.1) is 6.92 Å². The van der Waals surface area contributed by atoms with Crippen LogP contribution in [0.2, 0.25) is 0 Å². The first-order valence-electron chi connectivity index (χ1n) is 8.78. The number of halogens is 3. The number of aryl methyl sites for hydroxylation is 1. The Balaban J connectivity index is 1.78. The van der Waals surface area contributed by atoms with Crippen molar-refractivity contribution in [3.05, 3.63) is 45.9 Å². The standard InChI is InChI=1S/C19H21F3N4OS/c1-13-23-14(12-28-13)3-6-18(27)24-17-5-4-15(11-16(17)19(20,21)22)26-9-7-25(2)8-10-26/h3-6,11-12H,7-10H2,1-2H3,(H,24,27)/b6-3+. The molecule has 0 radical (unpaired) electrons. The highest BCUT2D eigenvalue weighted by molar-refractivity contribution is 7.09. The Kier molecular flexibility index (Phi) is 6.04.